The fourth-order valence-corrected chi connectivity index (χ4v) is 2.74. The van der Waals surface area contributed by atoms with E-state index in [9.17, 15) is 18.0 Å². The van der Waals surface area contributed by atoms with Crippen LogP contribution in [0.1, 0.15) is 32.6 Å². The van der Waals surface area contributed by atoms with Gasteiger partial charge in [0.25, 0.3) is 0 Å². The molecule has 3 nitrogen and oxygen atoms in total. The van der Waals surface area contributed by atoms with Crippen molar-refractivity contribution < 1.29 is 18.0 Å². The molecule has 0 heterocycles. The number of allylic oxidation sites excluding steroid dienone is 1. The van der Waals surface area contributed by atoms with Crippen molar-refractivity contribution in [1.29, 1.82) is 0 Å². The van der Waals surface area contributed by atoms with Crippen LogP contribution in [-0.2, 0) is 4.79 Å². The number of nitrogens with one attached hydrogen (secondary N) is 1. The number of anilines is 1. The van der Waals surface area contributed by atoms with Gasteiger partial charge in [-0.1, -0.05) is 19.1 Å². The van der Waals surface area contributed by atoms with Crippen molar-refractivity contribution >= 4 is 11.6 Å². The summed E-state index contributed by atoms with van der Waals surface area (Å²) in [6.07, 6.45) is 8.17. The minimum Gasteiger partial charge on any atom is -0.322 e. The van der Waals surface area contributed by atoms with E-state index >= 15 is 0 Å². The number of carbonyl (C=O) groups excluding carboxylic acids is 1. The summed E-state index contributed by atoms with van der Waals surface area (Å²) in [5.41, 5.74) is -0.343. The fraction of sp³-hybridized carbons (Fsp3) is 0.471. The van der Waals surface area contributed by atoms with E-state index in [2.05, 4.69) is 17.5 Å². The molecule has 1 amide bonds. The maximum absolute atomic E-state index is 13.6. The molecule has 23 heavy (non-hydrogen) atoms. The van der Waals surface area contributed by atoms with Gasteiger partial charge >= 0.3 is 0 Å². The van der Waals surface area contributed by atoms with Gasteiger partial charge < -0.3 is 5.32 Å². The van der Waals surface area contributed by atoms with E-state index in [4.69, 9.17) is 0 Å². The minimum absolute atomic E-state index is 0.0846. The number of carbonyl (C=O) groups is 1. The summed E-state index contributed by atoms with van der Waals surface area (Å²) in [6.45, 7) is 2.84. The van der Waals surface area contributed by atoms with Crippen LogP contribution in [0.5, 0.6) is 0 Å². The Balaban J connectivity index is 2.03. The van der Waals surface area contributed by atoms with E-state index in [-0.39, 0.29) is 18.3 Å². The molecule has 0 fully saturated rings. The highest BCUT2D eigenvalue weighted by Gasteiger charge is 2.21. The predicted molar refractivity (Wildman–Crippen MR) is 83.6 cm³/mol. The first-order valence-corrected chi connectivity index (χ1v) is 7.87. The van der Waals surface area contributed by atoms with Gasteiger partial charge in [-0.15, -0.1) is 0 Å². The smallest absolute Gasteiger partial charge is 0.238 e. The molecular weight excluding hydrogens is 305 g/mol. The Labute approximate surface area is 134 Å². The molecule has 6 heteroatoms. The third-order valence-corrected chi connectivity index (χ3v) is 3.86. The summed E-state index contributed by atoms with van der Waals surface area (Å²) in [6, 6.07) is 2.00. The Morgan fingerprint density at radius 1 is 1.30 bits per heavy atom. The molecule has 1 aliphatic rings. The Morgan fingerprint density at radius 3 is 2.74 bits per heavy atom. The monoisotopic (exact) mass is 326 g/mol. The molecule has 0 radical (unpaired) electrons. The van der Waals surface area contributed by atoms with Crippen LogP contribution in [0.4, 0.5) is 18.9 Å². The van der Waals surface area contributed by atoms with Gasteiger partial charge in [-0.05, 0) is 44.4 Å². The first-order chi connectivity index (χ1) is 11.0. The number of rotatable bonds is 6. The molecule has 1 aromatic carbocycles. The highest BCUT2D eigenvalue weighted by atomic mass is 19.2. The van der Waals surface area contributed by atoms with Crippen molar-refractivity contribution in [1.82, 2.24) is 4.90 Å². The maximum Gasteiger partial charge on any atom is 0.238 e. The van der Waals surface area contributed by atoms with E-state index in [0.717, 1.165) is 44.4 Å². The van der Waals surface area contributed by atoms with Crippen molar-refractivity contribution in [2.24, 2.45) is 0 Å². The largest absolute Gasteiger partial charge is 0.322 e. The number of hydrogen-bond acceptors (Lipinski definition) is 2. The van der Waals surface area contributed by atoms with Gasteiger partial charge in [0.05, 0.1) is 12.2 Å². The number of amides is 1. The predicted octanol–water partition coefficient (Wildman–Crippen LogP) is 3.86. The molecule has 0 aromatic heterocycles. The van der Waals surface area contributed by atoms with Gasteiger partial charge in [0.2, 0.25) is 5.91 Å². The van der Waals surface area contributed by atoms with E-state index in [1.54, 1.807) is 0 Å². The summed E-state index contributed by atoms with van der Waals surface area (Å²) >= 11 is 0. The Kier molecular flexibility index (Phi) is 6.21. The average molecular weight is 326 g/mol. The van der Waals surface area contributed by atoms with Crippen LogP contribution in [0, 0.1) is 17.5 Å². The van der Waals surface area contributed by atoms with Gasteiger partial charge in [-0.25, -0.2) is 13.2 Å². The second-order valence-electron chi connectivity index (χ2n) is 5.67. The maximum atomic E-state index is 13.6. The molecule has 1 unspecified atom stereocenters. The third-order valence-electron chi connectivity index (χ3n) is 3.86. The molecule has 1 N–H and O–H groups in total. The lowest BCUT2D eigenvalue weighted by Gasteiger charge is -2.30. The molecule has 0 saturated heterocycles. The van der Waals surface area contributed by atoms with Crippen LogP contribution < -0.4 is 5.32 Å². The van der Waals surface area contributed by atoms with E-state index in [1.165, 1.54) is 0 Å². The topological polar surface area (TPSA) is 32.3 Å². The van der Waals surface area contributed by atoms with Crippen LogP contribution >= 0.6 is 0 Å². The lowest BCUT2D eigenvalue weighted by atomic mass is 10.0. The standard InChI is InChI=1S/C17H21F3N2O/c1-2-10-22(12-6-4-3-5-7-12)11-15(23)21-14-9-8-13(18)16(19)17(14)20/h4,6,8-9,12H,2-3,5,7,10-11H2,1H3,(H,21,23). The first-order valence-electron chi connectivity index (χ1n) is 7.87. The number of benzene rings is 1. The minimum atomic E-state index is -1.58. The number of nitrogens with zero attached hydrogens (tertiary/aromatic N) is 1. The van der Waals surface area contributed by atoms with Gasteiger partial charge in [-0.2, -0.15) is 0 Å². The normalized spacial score (nSPS) is 17.5. The average Bonchev–Trinajstić information content (AvgIpc) is 2.56. The van der Waals surface area contributed by atoms with Crippen molar-refractivity contribution in [3.63, 3.8) is 0 Å². The highest BCUT2D eigenvalue weighted by Crippen LogP contribution is 2.20. The quantitative estimate of drug-likeness (QED) is 0.636. The fourth-order valence-electron chi connectivity index (χ4n) is 2.74. The lowest BCUT2D eigenvalue weighted by Crippen LogP contribution is -2.41. The molecule has 0 saturated carbocycles. The van der Waals surface area contributed by atoms with Gasteiger partial charge in [-0.3, -0.25) is 9.69 Å². The molecule has 0 aliphatic heterocycles. The zero-order chi connectivity index (χ0) is 16.8. The SMILES string of the molecule is CCCN(CC(=O)Nc1ccc(F)c(F)c1F)C1C=CCCC1. The van der Waals surface area contributed by atoms with E-state index in [0.29, 0.717) is 0 Å². The second-order valence-corrected chi connectivity index (χ2v) is 5.67. The van der Waals surface area contributed by atoms with Crippen molar-refractivity contribution in [2.45, 2.75) is 38.6 Å². The lowest BCUT2D eigenvalue weighted by molar-refractivity contribution is -0.117. The molecule has 1 aromatic rings. The van der Waals surface area contributed by atoms with Crippen LogP contribution in [0.2, 0.25) is 0 Å². The first kappa shape index (κ1) is 17.5. The highest BCUT2D eigenvalue weighted by molar-refractivity contribution is 5.92. The zero-order valence-electron chi connectivity index (χ0n) is 13.1. The van der Waals surface area contributed by atoms with E-state index < -0.39 is 23.4 Å². The summed E-state index contributed by atoms with van der Waals surface area (Å²) in [5.74, 6) is -4.68. The Morgan fingerprint density at radius 2 is 2.09 bits per heavy atom. The van der Waals surface area contributed by atoms with Crippen molar-refractivity contribution in [3.05, 3.63) is 41.7 Å². The van der Waals surface area contributed by atoms with E-state index in [1.807, 2.05) is 11.8 Å². The second kappa shape index (κ2) is 8.15. The summed E-state index contributed by atoms with van der Waals surface area (Å²) in [7, 11) is 0. The Bertz CT molecular complexity index is 589. The molecule has 126 valence electrons. The molecular formula is C17H21F3N2O. The Hall–Kier alpha value is -1.82. The summed E-state index contributed by atoms with van der Waals surface area (Å²) in [4.78, 5) is 14.1. The van der Waals surface area contributed by atoms with Crippen LogP contribution in [-0.4, -0.2) is 29.9 Å². The van der Waals surface area contributed by atoms with Gasteiger partial charge in [0, 0.05) is 6.04 Å². The van der Waals surface area contributed by atoms with Crippen LogP contribution in [0.15, 0.2) is 24.3 Å². The molecule has 0 spiro atoms. The molecule has 1 aliphatic carbocycles. The van der Waals surface area contributed by atoms with Crippen molar-refractivity contribution in [3.8, 4) is 0 Å². The number of hydrogen-bond donors (Lipinski definition) is 1. The third kappa shape index (κ3) is 4.58. The number of halogens is 3. The van der Waals surface area contributed by atoms with Crippen LogP contribution in [0.25, 0.3) is 0 Å². The summed E-state index contributed by atoms with van der Waals surface area (Å²) in [5, 5.41) is 2.32. The van der Waals surface area contributed by atoms with Gasteiger partial charge in [0.15, 0.2) is 17.5 Å². The zero-order valence-corrected chi connectivity index (χ0v) is 13.1. The molecule has 1 atom stereocenters. The van der Waals surface area contributed by atoms with Gasteiger partial charge in [0.1, 0.15) is 0 Å². The molecule has 0 bridgehead atoms. The molecule has 2 rings (SSSR count). The summed E-state index contributed by atoms with van der Waals surface area (Å²) < 4.78 is 39.7. The van der Waals surface area contributed by atoms with Crippen LogP contribution in [0.3, 0.4) is 0 Å². The van der Waals surface area contributed by atoms with Crippen molar-refractivity contribution in [2.75, 3.05) is 18.4 Å².